The van der Waals surface area contributed by atoms with Crippen LogP contribution in [0.2, 0.25) is 0 Å². The third-order valence-corrected chi connectivity index (χ3v) is 7.39. The highest BCUT2D eigenvalue weighted by Gasteiger charge is 2.19. The Morgan fingerprint density at radius 2 is 1.93 bits per heavy atom. The van der Waals surface area contributed by atoms with Gasteiger partial charge < -0.3 is 10.1 Å². The number of thioether (sulfide) groups is 1. The van der Waals surface area contributed by atoms with Crippen molar-refractivity contribution in [1.29, 1.82) is 0 Å². The van der Waals surface area contributed by atoms with Gasteiger partial charge in [-0.2, -0.15) is 0 Å². The number of carbonyl (C=O) groups excluding carboxylic acids is 2. The number of hydrogen-bond acceptors (Lipinski definition) is 9. The van der Waals surface area contributed by atoms with E-state index in [1.54, 1.807) is 20.9 Å². The van der Waals surface area contributed by atoms with E-state index in [1.807, 2.05) is 13.8 Å². The lowest BCUT2D eigenvalue weighted by Gasteiger charge is -2.07. The molecule has 0 aliphatic carbocycles. The van der Waals surface area contributed by atoms with Gasteiger partial charge in [0.2, 0.25) is 5.91 Å². The molecule has 0 saturated carbocycles. The van der Waals surface area contributed by atoms with Gasteiger partial charge in [-0.05, 0) is 33.3 Å². The van der Waals surface area contributed by atoms with Gasteiger partial charge in [0.1, 0.15) is 9.71 Å². The van der Waals surface area contributed by atoms with Gasteiger partial charge in [0.25, 0.3) is 5.56 Å². The third kappa shape index (κ3) is 4.36. The molecular weight excluding hydrogens is 432 g/mol. The number of ether oxygens (including phenoxy) is 1. The molecule has 3 heterocycles. The van der Waals surface area contributed by atoms with E-state index in [1.165, 1.54) is 27.7 Å². The summed E-state index contributed by atoms with van der Waals surface area (Å²) in [6, 6.07) is 0. The van der Waals surface area contributed by atoms with Crippen LogP contribution in [0.3, 0.4) is 0 Å². The Morgan fingerprint density at radius 3 is 2.62 bits per heavy atom. The van der Waals surface area contributed by atoms with Crippen molar-refractivity contribution in [2.24, 2.45) is 7.05 Å². The maximum atomic E-state index is 12.6. The molecule has 154 valence electrons. The molecule has 8 nitrogen and oxygen atoms in total. The molecule has 0 atom stereocenters. The van der Waals surface area contributed by atoms with E-state index in [-0.39, 0.29) is 23.8 Å². The van der Waals surface area contributed by atoms with Crippen LogP contribution in [-0.2, 0) is 16.6 Å². The normalized spacial score (nSPS) is 11.1. The molecule has 0 aromatic carbocycles. The lowest BCUT2D eigenvalue weighted by molar-refractivity contribution is -0.113. The number of aromatic nitrogens is 3. The number of amides is 1. The Labute approximate surface area is 179 Å². The van der Waals surface area contributed by atoms with Gasteiger partial charge in [-0.3, -0.25) is 14.2 Å². The second kappa shape index (κ2) is 8.64. The summed E-state index contributed by atoms with van der Waals surface area (Å²) >= 11 is 3.72. The summed E-state index contributed by atoms with van der Waals surface area (Å²) in [4.78, 5) is 47.7. The Hall–Kier alpha value is -2.24. The van der Waals surface area contributed by atoms with Crippen LogP contribution in [-0.4, -0.2) is 38.8 Å². The number of thiophene rings is 1. The Kier molecular flexibility index (Phi) is 6.39. The van der Waals surface area contributed by atoms with Gasteiger partial charge >= 0.3 is 5.97 Å². The number of hydrogen-bond donors (Lipinski definition) is 1. The summed E-state index contributed by atoms with van der Waals surface area (Å²) in [7, 11) is 1.65. The highest BCUT2D eigenvalue weighted by molar-refractivity contribution is 7.99. The summed E-state index contributed by atoms with van der Waals surface area (Å²) < 4.78 is 6.44. The molecule has 0 bridgehead atoms. The van der Waals surface area contributed by atoms with Crippen molar-refractivity contribution in [3.05, 3.63) is 31.4 Å². The molecular formula is C18H20N4O4S3. The number of nitrogens with zero attached hydrogens (tertiary/aromatic N) is 3. The average Bonchev–Trinajstić information content (AvgIpc) is 3.16. The van der Waals surface area contributed by atoms with Gasteiger partial charge in [-0.1, -0.05) is 23.1 Å². The molecule has 3 aromatic heterocycles. The smallest absolute Gasteiger partial charge is 0.350 e. The van der Waals surface area contributed by atoms with Crippen molar-refractivity contribution in [2.75, 3.05) is 17.7 Å². The van der Waals surface area contributed by atoms with Crippen LogP contribution in [0.5, 0.6) is 0 Å². The Bertz CT molecular complexity index is 1160. The highest BCUT2D eigenvalue weighted by Crippen LogP contribution is 2.28. The molecule has 0 radical (unpaired) electrons. The topological polar surface area (TPSA) is 103 Å². The van der Waals surface area contributed by atoms with Crippen LogP contribution in [0.4, 0.5) is 5.13 Å². The average molecular weight is 453 g/mol. The van der Waals surface area contributed by atoms with Gasteiger partial charge in [-0.15, -0.1) is 11.3 Å². The first-order valence-corrected chi connectivity index (χ1v) is 11.4. The zero-order chi connectivity index (χ0) is 21.3. The van der Waals surface area contributed by atoms with Gasteiger partial charge in [0.05, 0.1) is 23.4 Å². The predicted octanol–water partition coefficient (Wildman–Crippen LogP) is 3.28. The van der Waals surface area contributed by atoms with Crippen LogP contribution >= 0.6 is 34.4 Å². The van der Waals surface area contributed by atoms with Crippen LogP contribution in [0.1, 0.15) is 32.7 Å². The van der Waals surface area contributed by atoms with Gasteiger partial charge in [-0.25, -0.2) is 14.8 Å². The Balaban J connectivity index is 1.72. The number of rotatable bonds is 6. The van der Waals surface area contributed by atoms with Crippen LogP contribution < -0.4 is 10.9 Å². The quantitative estimate of drug-likeness (QED) is 0.348. The van der Waals surface area contributed by atoms with E-state index in [4.69, 9.17) is 4.74 Å². The molecule has 0 aliphatic rings. The third-order valence-electron chi connectivity index (χ3n) is 4.21. The minimum absolute atomic E-state index is 0.0580. The number of fused-ring (bicyclic) bond motifs is 1. The Morgan fingerprint density at radius 1 is 1.21 bits per heavy atom. The van der Waals surface area contributed by atoms with Crippen molar-refractivity contribution in [2.45, 2.75) is 32.9 Å². The number of anilines is 1. The van der Waals surface area contributed by atoms with E-state index in [9.17, 15) is 14.4 Å². The van der Waals surface area contributed by atoms with E-state index in [0.717, 1.165) is 21.8 Å². The molecule has 3 rings (SSSR count). The first-order chi connectivity index (χ1) is 13.7. The second-order valence-corrected chi connectivity index (χ2v) is 9.36. The van der Waals surface area contributed by atoms with E-state index in [0.29, 0.717) is 31.1 Å². The number of nitrogens with one attached hydrogen (secondary N) is 1. The predicted molar refractivity (Wildman–Crippen MR) is 116 cm³/mol. The highest BCUT2D eigenvalue weighted by atomic mass is 32.2. The summed E-state index contributed by atoms with van der Waals surface area (Å²) in [6.07, 6.45) is 0. The lowest BCUT2D eigenvalue weighted by atomic mass is 10.2. The van der Waals surface area contributed by atoms with E-state index in [2.05, 4.69) is 15.3 Å². The molecule has 0 saturated heterocycles. The van der Waals surface area contributed by atoms with E-state index < -0.39 is 5.97 Å². The van der Waals surface area contributed by atoms with E-state index >= 15 is 0 Å². The largest absolute Gasteiger partial charge is 0.462 e. The number of esters is 1. The molecule has 29 heavy (non-hydrogen) atoms. The van der Waals surface area contributed by atoms with Gasteiger partial charge in [0.15, 0.2) is 10.3 Å². The number of carbonyl (C=O) groups is 2. The summed E-state index contributed by atoms with van der Waals surface area (Å²) in [5.41, 5.74) is 1.34. The molecule has 0 aliphatic heterocycles. The SMILES string of the molecule is CCOC(=O)c1sc(NC(=O)CSc2nc3sc(C)c(C)c3c(=O)n2C)nc1C. The molecule has 0 fully saturated rings. The minimum atomic E-state index is -0.452. The standard InChI is InChI=1S/C18H20N4O4S3/c1-6-26-16(25)13-9(3)19-17(29-13)20-11(23)7-27-18-21-14-12(15(24)22(18)5)8(2)10(4)28-14/h6-7H2,1-5H3,(H,19,20,23). The summed E-state index contributed by atoms with van der Waals surface area (Å²) in [5.74, 6) is -0.693. The van der Waals surface area contributed by atoms with Crippen molar-refractivity contribution in [3.8, 4) is 0 Å². The fourth-order valence-electron chi connectivity index (χ4n) is 2.61. The fourth-order valence-corrected chi connectivity index (χ4v) is 5.33. The summed E-state index contributed by atoms with van der Waals surface area (Å²) in [6.45, 7) is 7.56. The number of aryl methyl sites for hydroxylation is 3. The molecule has 0 spiro atoms. The maximum Gasteiger partial charge on any atom is 0.350 e. The fraction of sp³-hybridized carbons (Fsp3) is 0.389. The molecule has 11 heteroatoms. The number of thiazole rings is 1. The molecule has 1 N–H and O–H groups in total. The monoisotopic (exact) mass is 452 g/mol. The van der Waals surface area contributed by atoms with Crippen molar-refractivity contribution < 1.29 is 14.3 Å². The molecule has 3 aromatic rings. The van der Waals surface area contributed by atoms with Crippen molar-refractivity contribution in [3.63, 3.8) is 0 Å². The van der Waals surface area contributed by atoms with Crippen LogP contribution in [0.25, 0.3) is 10.2 Å². The first-order valence-electron chi connectivity index (χ1n) is 8.76. The van der Waals surface area contributed by atoms with Crippen LogP contribution in [0, 0.1) is 20.8 Å². The second-order valence-electron chi connectivity index (χ2n) is 6.21. The first kappa shape index (κ1) is 21.5. The maximum absolute atomic E-state index is 12.6. The molecule has 0 unspecified atom stereocenters. The zero-order valence-electron chi connectivity index (χ0n) is 16.6. The van der Waals surface area contributed by atoms with Gasteiger partial charge in [0, 0.05) is 11.9 Å². The summed E-state index contributed by atoms with van der Waals surface area (Å²) in [5, 5.41) is 4.12. The van der Waals surface area contributed by atoms with Crippen molar-refractivity contribution >= 4 is 61.7 Å². The van der Waals surface area contributed by atoms with Crippen molar-refractivity contribution in [1.82, 2.24) is 14.5 Å². The minimum Gasteiger partial charge on any atom is -0.462 e. The zero-order valence-corrected chi connectivity index (χ0v) is 19.1. The van der Waals surface area contributed by atoms with Crippen LogP contribution in [0.15, 0.2) is 9.95 Å². The lowest BCUT2D eigenvalue weighted by Crippen LogP contribution is -2.21. The molecule has 1 amide bonds.